The molecule has 1 aromatic carbocycles. The van der Waals surface area contributed by atoms with E-state index in [9.17, 15) is 9.90 Å². The molecule has 1 aliphatic carbocycles. The van der Waals surface area contributed by atoms with Gasteiger partial charge < -0.3 is 10.4 Å². The largest absolute Gasteiger partial charge is 0.393 e. The van der Waals surface area contributed by atoms with Crippen molar-refractivity contribution in [1.29, 1.82) is 0 Å². The van der Waals surface area contributed by atoms with Crippen molar-refractivity contribution in [3.05, 3.63) is 34.9 Å². The predicted molar refractivity (Wildman–Crippen MR) is 91.1 cm³/mol. The highest BCUT2D eigenvalue weighted by Gasteiger charge is 2.40. The number of hydrogen-bond acceptors (Lipinski definition) is 3. The zero-order valence-corrected chi connectivity index (χ0v) is 14.4. The van der Waals surface area contributed by atoms with Gasteiger partial charge in [0, 0.05) is 13.1 Å². The summed E-state index contributed by atoms with van der Waals surface area (Å²) in [5.74, 6) is 1.25. The molecular weight excluding hydrogens is 288 g/mol. The lowest BCUT2D eigenvalue weighted by Crippen LogP contribution is -2.38. The van der Waals surface area contributed by atoms with Gasteiger partial charge in [-0.2, -0.15) is 0 Å². The molecule has 2 unspecified atom stereocenters. The number of amides is 1. The summed E-state index contributed by atoms with van der Waals surface area (Å²) < 4.78 is 0. The molecule has 1 saturated heterocycles. The van der Waals surface area contributed by atoms with Crippen molar-refractivity contribution in [2.45, 2.75) is 45.8 Å². The van der Waals surface area contributed by atoms with Crippen LogP contribution in [0, 0.1) is 25.7 Å². The molecule has 2 N–H and O–H groups in total. The Bertz CT molecular complexity index is 573. The first-order valence-electron chi connectivity index (χ1n) is 8.69. The van der Waals surface area contributed by atoms with Crippen molar-refractivity contribution in [3.8, 4) is 0 Å². The summed E-state index contributed by atoms with van der Waals surface area (Å²) in [6, 6.07) is 6.40. The number of carbonyl (C=O) groups excluding carboxylic acids is 1. The SMILES string of the molecule is Cc1ccc(C)c(C(C)NC(=O)CN2C[C@H]3CC(O)C[C@H]3C2)c1. The Morgan fingerprint density at radius 2 is 1.96 bits per heavy atom. The monoisotopic (exact) mass is 316 g/mol. The van der Waals surface area contributed by atoms with Crippen molar-refractivity contribution in [2.75, 3.05) is 19.6 Å². The summed E-state index contributed by atoms with van der Waals surface area (Å²) in [7, 11) is 0. The van der Waals surface area contributed by atoms with Crippen LogP contribution in [0.1, 0.15) is 42.5 Å². The van der Waals surface area contributed by atoms with Gasteiger partial charge in [0.2, 0.25) is 5.91 Å². The number of likely N-dealkylation sites (tertiary alicyclic amines) is 1. The topological polar surface area (TPSA) is 52.6 Å². The van der Waals surface area contributed by atoms with Crippen LogP contribution in [0.4, 0.5) is 0 Å². The molecule has 4 nitrogen and oxygen atoms in total. The lowest BCUT2D eigenvalue weighted by atomic mass is 10.00. The van der Waals surface area contributed by atoms with Crippen LogP contribution in [0.2, 0.25) is 0 Å². The molecule has 1 aliphatic heterocycles. The molecule has 0 bridgehead atoms. The molecule has 0 radical (unpaired) electrons. The predicted octanol–water partition coefficient (Wildman–Crippen LogP) is 2.18. The molecule has 0 aromatic heterocycles. The first-order chi connectivity index (χ1) is 10.9. The average Bonchev–Trinajstić information content (AvgIpc) is 2.97. The van der Waals surface area contributed by atoms with E-state index in [1.54, 1.807) is 0 Å². The third-order valence-electron chi connectivity index (χ3n) is 5.45. The summed E-state index contributed by atoms with van der Waals surface area (Å²) in [4.78, 5) is 14.6. The molecule has 4 atom stereocenters. The molecule has 2 fully saturated rings. The average molecular weight is 316 g/mol. The van der Waals surface area contributed by atoms with Gasteiger partial charge in [-0.1, -0.05) is 23.8 Å². The molecule has 126 valence electrons. The minimum Gasteiger partial charge on any atom is -0.393 e. The van der Waals surface area contributed by atoms with Crippen LogP contribution in [0.3, 0.4) is 0 Å². The number of fused-ring (bicyclic) bond motifs is 1. The fourth-order valence-corrected chi connectivity index (χ4v) is 4.29. The van der Waals surface area contributed by atoms with Gasteiger partial charge in [0.25, 0.3) is 0 Å². The van der Waals surface area contributed by atoms with Gasteiger partial charge in [-0.05, 0) is 56.6 Å². The van der Waals surface area contributed by atoms with Crippen molar-refractivity contribution in [1.82, 2.24) is 10.2 Å². The fraction of sp³-hybridized carbons (Fsp3) is 0.632. The summed E-state index contributed by atoms with van der Waals surface area (Å²) >= 11 is 0. The quantitative estimate of drug-likeness (QED) is 0.895. The number of aliphatic hydroxyl groups is 1. The minimum atomic E-state index is -0.120. The van der Waals surface area contributed by atoms with E-state index in [-0.39, 0.29) is 18.1 Å². The Labute approximate surface area is 138 Å². The molecule has 23 heavy (non-hydrogen) atoms. The molecule has 1 heterocycles. The number of nitrogens with zero attached hydrogens (tertiary/aromatic N) is 1. The maximum absolute atomic E-state index is 12.4. The van der Waals surface area contributed by atoms with E-state index in [0.717, 1.165) is 25.9 Å². The molecule has 4 heteroatoms. The lowest BCUT2D eigenvalue weighted by Gasteiger charge is -2.21. The van der Waals surface area contributed by atoms with Crippen LogP contribution in [-0.4, -0.2) is 41.7 Å². The van der Waals surface area contributed by atoms with Gasteiger partial charge in [-0.25, -0.2) is 0 Å². The first-order valence-corrected chi connectivity index (χ1v) is 8.69. The zero-order chi connectivity index (χ0) is 16.6. The van der Waals surface area contributed by atoms with E-state index in [1.165, 1.54) is 16.7 Å². The van der Waals surface area contributed by atoms with Gasteiger partial charge in [-0.15, -0.1) is 0 Å². The van der Waals surface area contributed by atoms with Crippen molar-refractivity contribution >= 4 is 5.91 Å². The maximum atomic E-state index is 12.4. The third-order valence-corrected chi connectivity index (χ3v) is 5.45. The van der Waals surface area contributed by atoms with E-state index in [4.69, 9.17) is 0 Å². The lowest BCUT2D eigenvalue weighted by molar-refractivity contribution is -0.122. The third kappa shape index (κ3) is 3.75. The molecule has 2 aliphatic rings. The summed E-state index contributed by atoms with van der Waals surface area (Å²) in [5, 5.41) is 12.8. The fourth-order valence-electron chi connectivity index (χ4n) is 4.29. The molecule has 1 aromatic rings. The van der Waals surface area contributed by atoms with Crippen molar-refractivity contribution in [3.63, 3.8) is 0 Å². The Balaban J connectivity index is 1.53. The van der Waals surface area contributed by atoms with Crippen LogP contribution < -0.4 is 5.32 Å². The van der Waals surface area contributed by atoms with E-state index in [0.29, 0.717) is 18.4 Å². The number of aryl methyl sites for hydroxylation is 2. The Hall–Kier alpha value is -1.39. The maximum Gasteiger partial charge on any atom is 0.234 e. The highest BCUT2D eigenvalue weighted by atomic mass is 16.3. The van der Waals surface area contributed by atoms with Crippen molar-refractivity contribution in [2.24, 2.45) is 11.8 Å². The van der Waals surface area contributed by atoms with E-state index >= 15 is 0 Å². The Morgan fingerprint density at radius 3 is 2.61 bits per heavy atom. The normalized spacial score (nSPS) is 28.6. The highest BCUT2D eigenvalue weighted by molar-refractivity contribution is 5.78. The number of nitrogens with one attached hydrogen (secondary N) is 1. The van der Waals surface area contributed by atoms with Gasteiger partial charge in [0.1, 0.15) is 0 Å². The number of benzene rings is 1. The summed E-state index contributed by atoms with van der Waals surface area (Å²) in [6.45, 7) is 8.59. The van der Waals surface area contributed by atoms with Gasteiger partial charge >= 0.3 is 0 Å². The number of rotatable bonds is 4. The van der Waals surface area contributed by atoms with Crippen LogP contribution in [0.15, 0.2) is 18.2 Å². The van der Waals surface area contributed by atoms with Crippen LogP contribution in [0.5, 0.6) is 0 Å². The second kappa shape index (κ2) is 6.62. The molecule has 1 amide bonds. The van der Waals surface area contributed by atoms with E-state index in [2.05, 4.69) is 49.2 Å². The zero-order valence-electron chi connectivity index (χ0n) is 14.4. The second-order valence-electron chi connectivity index (χ2n) is 7.49. The van der Waals surface area contributed by atoms with Crippen LogP contribution in [-0.2, 0) is 4.79 Å². The van der Waals surface area contributed by atoms with Gasteiger partial charge in [0.05, 0.1) is 18.7 Å². The van der Waals surface area contributed by atoms with Crippen LogP contribution >= 0.6 is 0 Å². The number of carbonyl (C=O) groups is 1. The molecular formula is C19H28N2O2. The van der Waals surface area contributed by atoms with Crippen molar-refractivity contribution < 1.29 is 9.90 Å². The standard InChI is InChI=1S/C19H28N2O2/c1-12-4-5-13(2)18(6-12)14(3)20-19(23)11-21-9-15-7-17(22)8-16(15)10-21/h4-6,14-17,22H,7-11H2,1-3H3,(H,20,23)/t14?,15-,16+,17?. The van der Waals surface area contributed by atoms with E-state index < -0.39 is 0 Å². The molecule has 0 spiro atoms. The smallest absolute Gasteiger partial charge is 0.234 e. The number of aliphatic hydroxyl groups excluding tert-OH is 1. The molecule has 3 rings (SSSR count). The number of hydrogen-bond donors (Lipinski definition) is 2. The van der Waals surface area contributed by atoms with Gasteiger partial charge in [0.15, 0.2) is 0 Å². The minimum absolute atomic E-state index is 0.0336. The first kappa shape index (κ1) is 16.5. The summed E-state index contributed by atoms with van der Waals surface area (Å²) in [5.41, 5.74) is 3.63. The van der Waals surface area contributed by atoms with Gasteiger partial charge in [-0.3, -0.25) is 9.69 Å². The Morgan fingerprint density at radius 1 is 1.30 bits per heavy atom. The van der Waals surface area contributed by atoms with Crippen LogP contribution in [0.25, 0.3) is 0 Å². The summed E-state index contributed by atoms with van der Waals surface area (Å²) in [6.07, 6.45) is 1.69. The highest BCUT2D eigenvalue weighted by Crippen LogP contribution is 2.37. The second-order valence-corrected chi connectivity index (χ2v) is 7.49. The molecule has 1 saturated carbocycles. The Kier molecular flexibility index (Phi) is 4.74. The van der Waals surface area contributed by atoms with E-state index in [1.807, 2.05) is 0 Å².